The summed E-state index contributed by atoms with van der Waals surface area (Å²) in [5, 5.41) is 0. The fourth-order valence-corrected chi connectivity index (χ4v) is 3.80. The molecule has 4 rings (SSSR count). The third-order valence-electron chi connectivity index (χ3n) is 5.29. The molecule has 2 heterocycles. The lowest BCUT2D eigenvalue weighted by atomic mass is 9.91. The van der Waals surface area contributed by atoms with Gasteiger partial charge in [-0.1, -0.05) is 18.2 Å². The van der Waals surface area contributed by atoms with Crippen molar-refractivity contribution in [2.45, 2.75) is 12.3 Å². The standard InChI is InChI=1S/C21H24N2O3/c1-25-17-8-6-16(7-9-17)22-11-13-23(14-12-22)21(24)19-10-15-26-20-5-3-2-4-18(19)20/h2-9,19H,10-15H2,1H3. The molecule has 1 saturated heterocycles. The molecular weight excluding hydrogens is 328 g/mol. The minimum Gasteiger partial charge on any atom is -0.497 e. The maximum Gasteiger partial charge on any atom is 0.230 e. The largest absolute Gasteiger partial charge is 0.497 e. The molecule has 1 amide bonds. The number of para-hydroxylation sites is 1. The number of methoxy groups -OCH3 is 1. The SMILES string of the molecule is COc1ccc(N2CCN(C(=O)C3CCOc4ccccc43)CC2)cc1. The minimum atomic E-state index is -0.0764. The number of hydrogen-bond acceptors (Lipinski definition) is 4. The third-order valence-corrected chi connectivity index (χ3v) is 5.29. The van der Waals surface area contributed by atoms with Gasteiger partial charge in [0.1, 0.15) is 11.5 Å². The second-order valence-electron chi connectivity index (χ2n) is 6.74. The number of piperazine rings is 1. The molecule has 0 radical (unpaired) electrons. The number of anilines is 1. The molecule has 0 bridgehead atoms. The lowest BCUT2D eigenvalue weighted by molar-refractivity contribution is -0.133. The van der Waals surface area contributed by atoms with Crippen LogP contribution in [0.4, 0.5) is 5.69 Å². The first-order valence-corrected chi connectivity index (χ1v) is 9.16. The summed E-state index contributed by atoms with van der Waals surface area (Å²) in [6.45, 7) is 3.82. The Bertz CT molecular complexity index is 767. The van der Waals surface area contributed by atoms with Crippen molar-refractivity contribution in [3.8, 4) is 11.5 Å². The number of benzene rings is 2. The predicted molar refractivity (Wildman–Crippen MR) is 101 cm³/mol. The van der Waals surface area contributed by atoms with E-state index in [1.165, 1.54) is 5.69 Å². The van der Waals surface area contributed by atoms with Gasteiger partial charge in [-0.3, -0.25) is 4.79 Å². The van der Waals surface area contributed by atoms with Crippen LogP contribution in [0.2, 0.25) is 0 Å². The number of carbonyl (C=O) groups excluding carboxylic acids is 1. The van der Waals surface area contributed by atoms with Gasteiger partial charge in [0, 0.05) is 37.4 Å². The van der Waals surface area contributed by atoms with Gasteiger partial charge < -0.3 is 19.3 Å². The highest BCUT2D eigenvalue weighted by Gasteiger charge is 2.32. The van der Waals surface area contributed by atoms with Crippen molar-refractivity contribution in [1.29, 1.82) is 0 Å². The number of rotatable bonds is 3. The summed E-state index contributed by atoms with van der Waals surface area (Å²) in [4.78, 5) is 17.4. The van der Waals surface area contributed by atoms with Gasteiger partial charge in [0.15, 0.2) is 0 Å². The maximum atomic E-state index is 13.1. The summed E-state index contributed by atoms with van der Waals surface area (Å²) in [6.07, 6.45) is 0.758. The number of amides is 1. The minimum absolute atomic E-state index is 0.0764. The Kier molecular flexibility index (Phi) is 4.69. The Morgan fingerprint density at radius 3 is 2.50 bits per heavy atom. The fourth-order valence-electron chi connectivity index (χ4n) is 3.80. The molecule has 0 spiro atoms. The van der Waals surface area contributed by atoms with Crippen LogP contribution < -0.4 is 14.4 Å². The van der Waals surface area contributed by atoms with E-state index >= 15 is 0 Å². The van der Waals surface area contributed by atoms with Crippen LogP contribution in [-0.4, -0.2) is 50.7 Å². The van der Waals surface area contributed by atoms with Gasteiger partial charge in [-0.05, 0) is 36.8 Å². The van der Waals surface area contributed by atoms with E-state index in [0.29, 0.717) is 6.61 Å². The van der Waals surface area contributed by atoms with Gasteiger partial charge in [0.25, 0.3) is 0 Å². The van der Waals surface area contributed by atoms with E-state index in [-0.39, 0.29) is 11.8 Å². The lowest BCUT2D eigenvalue weighted by Crippen LogP contribution is -2.50. The van der Waals surface area contributed by atoms with Gasteiger partial charge >= 0.3 is 0 Å². The number of ether oxygens (including phenoxy) is 2. The zero-order chi connectivity index (χ0) is 17.9. The highest BCUT2D eigenvalue weighted by atomic mass is 16.5. The predicted octanol–water partition coefficient (Wildman–Crippen LogP) is 2.91. The number of carbonyl (C=O) groups is 1. The van der Waals surface area contributed by atoms with Crippen molar-refractivity contribution in [2.75, 3.05) is 44.8 Å². The van der Waals surface area contributed by atoms with E-state index in [4.69, 9.17) is 9.47 Å². The molecule has 2 aliphatic heterocycles. The summed E-state index contributed by atoms with van der Waals surface area (Å²) >= 11 is 0. The van der Waals surface area contributed by atoms with Crippen molar-refractivity contribution in [3.05, 3.63) is 54.1 Å². The Morgan fingerprint density at radius 2 is 1.77 bits per heavy atom. The van der Waals surface area contributed by atoms with Crippen LogP contribution in [-0.2, 0) is 4.79 Å². The van der Waals surface area contributed by atoms with Crippen LogP contribution >= 0.6 is 0 Å². The summed E-state index contributed by atoms with van der Waals surface area (Å²) in [5.41, 5.74) is 2.20. The van der Waals surface area contributed by atoms with Gasteiger partial charge in [-0.2, -0.15) is 0 Å². The average molecular weight is 352 g/mol. The van der Waals surface area contributed by atoms with Crippen molar-refractivity contribution < 1.29 is 14.3 Å². The lowest BCUT2D eigenvalue weighted by Gasteiger charge is -2.38. The number of fused-ring (bicyclic) bond motifs is 1. The highest BCUT2D eigenvalue weighted by molar-refractivity contribution is 5.85. The Morgan fingerprint density at radius 1 is 1.04 bits per heavy atom. The summed E-state index contributed by atoms with van der Waals surface area (Å²) in [6, 6.07) is 16.0. The molecule has 26 heavy (non-hydrogen) atoms. The second-order valence-corrected chi connectivity index (χ2v) is 6.74. The summed E-state index contributed by atoms with van der Waals surface area (Å²) < 4.78 is 10.9. The molecule has 2 aromatic rings. The molecule has 0 aliphatic carbocycles. The van der Waals surface area contributed by atoms with Gasteiger partial charge in [-0.25, -0.2) is 0 Å². The first-order valence-electron chi connectivity index (χ1n) is 9.16. The number of hydrogen-bond donors (Lipinski definition) is 0. The molecule has 1 atom stereocenters. The van der Waals surface area contributed by atoms with Crippen LogP contribution in [0, 0.1) is 0 Å². The smallest absolute Gasteiger partial charge is 0.230 e. The van der Waals surface area contributed by atoms with Crippen LogP contribution in [0.5, 0.6) is 11.5 Å². The molecule has 1 unspecified atom stereocenters. The van der Waals surface area contributed by atoms with Crippen LogP contribution in [0.1, 0.15) is 17.9 Å². The second kappa shape index (κ2) is 7.28. The first-order chi connectivity index (χ1) is 12.8. The van der Waals surface area contributed by atoms with E-state index in [2.05, 4.69) is 17.0 Å². The van der Waals surface area contributed by atoms with Gasteiger partial charge in [-0.15, -0.1) is 0 Å². The van der Waals surface area contributed by atoms with E-state index < -0.39 is 0 Å². The Balaban J connectivity index is 1.41. The van der Waals surface area contributed by atoms with Crippen LogP contribution in [0.25, 0.3) is 0 Å². The highest BCUT2D eigenvalue weighted by Crippen LogP contribution is 2.35. The summed E-state index contributed by atoms with van der Waals surface area (Å²) in [7, 11) is 1.67. The molecule has 2 aromatic carbocycles. The molecule has 5 heteroatoms. The molecular formula is C21H24N2O3. The first kappa shape index (κ1) is 16.8. The Hall–Kier alpha value is -2.69. The molecule has 0 saturated carbocycles. The Labute approximate surface area is 154 Å². The van der Waals surface area contributed by atoms with Crippen molar-refractivity contribution >= 4 is 11.6 Å². The third kappa shape index (κ3) is 3.21. The topological polar surface area (TPSA) is 42.0 Å². The van der Waals surface area contributed by atoms with Crippen LogP contribution in [0.15, 0.2) is 48.5 Å². The van der Waals surface area contributed by atoms with Gasteiger partial charge in [0.05, 0.1) is 19.6 Å². The maximum absolute atomic E-state index is 13.1. The zero-order valence-electron chi connectivity index (χ0n) is 15.1. The monoisotopic (exact) mass is 352 g/mol. The number of nitrogens with zero attached hydrogens (tertiary/aromatic N) is 2. The van der Waals surface area contributed by atoms with E-state index in [1.54, 1.807) is 7.11 Å². The van der Waals surface area contributed by atoms with Gasteiger partial charge in [0.2, 0.25) is 5.91 Å². The molecule has 136 valence electrons. The van der Waals surface area contributed by atoms with E-state index in [9.17, 15) is 4.79 Å². The molecule has 0 aromatic heterocycles. The normalized spacial score (nSPS) is 19.5. The van der Waals surface area contributed by atoms with E-state index in [0.717, 1.165) is 49.7 Å². The molecule has 1 fully saturated rings. The zero-order valence-corrected chi connectivity index (χ0v) is 15.1. The quantitative estimate of drug-likeness (QED) is 0.852. The van der Waals surface area contributed by atoms with E-state index in [1.807, 2.05) is 41.3 Å². The summed E-state index contributed by atoms with van der Waals surface area (Å²) in [5.74, 6) is 1.87. The van der Waals surface area contributed by atoms with Crippen molar-refractivity contribution in [2.24, 2.45) is 0 Å². The van der Waals surface area contributed by atoms with Crippen molar-refractivity contribution in [1.82, 2.24) is 4.90 Å². The molecule has 5 nitrogen and oxygen atoms in total. The average Bonchev–Trinajstić information content (AvgIpc) is 2.73. The van der Waals surface area contributed by atoms with Crippen molar-refractivity contribution in [3.63, 3.8) is 0 Å². The molecule has 0 N–H and O–H groups in total. The fraction of sp³-hybridized carbons (Fsp3) is 0.381. The van der Waals surface area contributed by atoms with Crippen LogP contribution in [0.3, 0.4) is 0 Å². The molecule has 2 aliphatic rings.